The molecule has 8 nitrogen and oxygen atoms in total. The van der Waals surface area contributed by atoms with E-state index in [-0.39, 0.29) is 42.7 Å². The molecule has 398 valence electrons. The van der Waals surface area contributed by atoms with Crippen LogP contribution in [0.15, 0.2) is 36.5 Å². The fraction of sp³-hybridized carbons (Fsp3) is 0.850. The molecule has 2 atom stereocenters. The van der Waals surface area contributed by atoms with Crippen molar-refractivity contribution in [1.82, 2.24) is 0 Å². The lowest BCUT2D eigenvalue weighted by Crippen LogP contribution is -2.55. The van der Waals surface area contributed by atoms with Gasteiger partial charge in [-0.25, -0.2) is 0 Å². The van der Waals surface area contributed by atoms with Crippen molar-refractivity contribution in [1.29, 1.82) is 0 Å². The number of hydrogen-bond acceptors (Lipinski definition) is 7. The van der Waals surface area contributed by atoms with E-state index >= 15 is 0 Å². The topological polar surface area (TPSA) is 102 Å². The van der Waals surface area contributed by atoms with Gasteiger partial charge in [-0.1, -0.05) is 224 Å². The number of carbonyl (C=O) groups excluding carboxylic acids is 3. The average Bonchev–Trinajstić information content (AvgIpc) is 3.30. The van der Waals surface area contributed by atoms with Gasteiger partial charge in [-0.15, -0.1) is 0 Å². The molecule has 0 bridgehead atoms. The van der Waals surface area contributed by atoms with Gasteiger partial charge in [-0.05, 0) is 70.6 Å². The van der Waals surface area contributed by atoms with Crippen LogP contribution >= 0.6 is 0 Å². The van der Waals surface area contributed by atoms with Crippen LogP contribution in [-0.4, -0.2) is 75.5 Å². The molecule has 0 heterocycles. The summed E-state index contributed by atoms with van der Waals surface area (Å²) in [5.41, 5.74) is 0. The summed E-state index contributed by atoms with van der Waals surface area (Å²) >= 11 is 0. The lowest BCUT2D eigenvalue weighted by molar-refractivity contribution is -0.889. The standard InChI is InChI=1S/C60H111NO7/c1-6-8-10-12-14-16-18-20-22-24-26-28-29-31-33-35-37-39-41-43-45-47-49-51-59(63)68-56(54-66-53-52-57(60(64)65)61(3,4)5)55-67-58(62)50-48-46-44-42-40-38-36-34-32-30-27-25-23-21-19-17-15-13-11-9-7-2/h18,20,24-27,56-57H,6-17,19,21-23,28-55H2,1-5H3/b20-18-,26-24-,27-25-. The zero-order valence-corrected chi connectivity index (χ0v) is 45.5. The van der Waals surface area contributed by atoms with Crippen molar-refractivity contribution in [3.05, 3.63) is 36.5 Å². The number of carboxylic acids is 1. The Morgan fingerprint density at radius 1 is 0.441 bits per heavy atom. The van der Waals surface area contributed by atoms with Crippen LogP contribution in [0.4, 0.5) is 0 Å². The smallest absolute Gasteiger partial charge is 0.306 e. The van der Waals surface area contributed by atoms with Gasteiger partial charge in [-0.3, -0.25) is 9.59 Å². The van der Waals surface area contributed by atoms with E-state index in [1.165, 1.54) is 199 Å². The normalized spacial score (nSPS) is 13.0. The van der Waals surface area contributed by atoms with E-state index in [1.54, 1.807) is 0 Å². The summed E-state index contributed by atoms with van der Waals surface area (Å²) in [5, 5.41) is 11.7. The highest BCUT2D eigenvalue weighted by Gasteiger charge is 2.25. The maximum absolute atomic E-state index is 12.8. The van der Waals surface area contributed by atoms with Gasteiger partial charge >= 0.3 is 11.9 Å². The van der Waals surface area contributed by atoms with Gasteiger partial charge in [0.25, 0.3) is 0 Å². The first kappa shape index (κ1) is 65.5. The second kappa shape index (κ2) is 50.9. The largest absolute Gasteiger partial charge is 0.544 e. The van der Waals surface area contributed by atoms with Gasteiger partial charge in [0.2, 0.25) is 0 Å². The summed E-state index contributed by atoms with van der Waals surface area (Å²) in [4.78, 5) is 37.2. The molecule has 0 aliphatic heterocycles. The molecule has 68 heavy (non-hydrogen) atoms. The Bertz CT molecular complexity index is 1210. The minimum absolute atomic E-state index is 0.0419. The molecule has 0 amide bonds. The summed E-state index contributed by atoms with van der Waals surface area (Å²) in [7, 11) is 5.43. The van der Waals surface area contributed by atoms with Crippen LogP contribution < -0.4 is 5.11 Å². The van der Waals surface area contributed by atoms with E-state index in [2.05, 4.69) is 50.3 Å². The molecule has 2 unspecified atom stereocenters. The molecule has 0 saturated carbocycles. The van der Waals surface area contributed by atoms with Crippen molar-refractivity contribution in [3.63, 3.8) is 0 Å². The number of quaternary nitrogens is 1. The number of carboxylic acid groups (broad SMARTS) is 1. The van der Waals surface area contributed by atoms with Crippen LogP contribution in [0, 0.1) is 0 Å². The fourth-order valence-electron chi connectivity index (χ4n) is 8.75. The Balaban J connectivity index is 4.16. The third-order valence-electron chi connectivity index (χ3n) is 13.2. The summed E-state index contributed by atoms with van der Waals surface area (Å²) in [5.74, 6) is -1.72. The zero-order chi connectivity index (χ0) is 49.9. The minimum Gasteiger partial charge on any atom is -0.544 e. The van der Waals surface area contributed by atoms with Crippen molar-refractivity contribution in [2.45, 2.75) is 289 Å². The average molecular weight is 959 g/mol. The quantitative estimate of drug-likeness (QED) is 0.0259. The first-order valence-electron chi connectivity index (χ1n) is 29.0. The molecule has 0 aliphatic carbocycles. The Hall–Kier alpha value is -2.45. The van der Waals surface area contributed by atoms with Crippen LogP contribution in [0.3, 0.4) is 0 Å². The fourth-order valence-corrected chi connectivity index (χ4v) is 8.75. The number of rotatable bonds is 53. The molecule has 0 aromatic heterocycles. The van der Waals surface area contributed by atoms with Crippen LogP contribution in [0.5, 0.6) is 0 Å². The van der Waals surface area contributed by atoms with Gasteiger partial charge in [0.15, 0.2) is 6.10 Å². The van der Waals surface area contributed by atoms with Gasteiger partial charge < -0.3 is 28.6 Å². The number of hydrogen-bond donors (Lipinski definition) is 0. The molecule has 0 fully saturated rings. The van der Waals surface area contributed by atoms with E-state index in [0.717, 1.165) is 44.9 Å². The second-order valence-corrected chi connectivity index (χ2v) is 20.9. The van der Waals surface area contributed by atoms with Crippen LogP contribution in [0.1, 0.15) is 277 Å². The van der Waals surface area contributed by atoms with Crippen molar-refractivity contribution >= 4 is 17.9 Å². The zero-order valence-electron chi connectivity index (χ0n) is 45.5. The summed E-state index contributed by atoms with van der Waals surface area (Å²) in [6.45, 7) is 4.69. The SMILES string of the molecule is CCCCCCC/C=C\C/C=C\CCCCCCCCCCCCCC(=O)OC(COCCC(C(=O)[O-])[N+](C)(C)C)COC(=O)CCCCCCCCCCC/C=C\CCCCCCCCCC. The van der Waals surface area contributed by atoms with E-state index in [0.29, 0.717) is 12.8 Å². The van der Waals surface area contributed by atoms with E-state index in [4.69, 9.17) is 14.2 Å². The molecular formula is C60H111NO7. The van der Waals surface area contributed by atoms with E-state index < -0.39 is 18.1 Å². The summed E-state index contributed by atoms with van der Waals surface area (Å²) < 4.78 is 17.3. The lowest BCUT2D eigenvalue weighted by atomic mass is 10.0. The van der Waals surface area contributed by atoms with Gasteiger partial charge in [-0.2, -0.15) is 0 Å². The molecule has 0 spiro atoms. The highest BCUT2D eigenvalue weighted by molar-refractivity contribution is 5.70. The minimum atomic E-state index is -1.12. The van der Waals surface area contributed by atoms with Gasteiger partial charge in [0, 0.05) is 19.3 Å². The van der Waals surface area contributed by atoms with Crippen molar-refractivity contribution < 1.29 is 38.2 Å². The van der Waals surface area contributed by atoms with Crippen molar-refractivity contribution in [2.75, 3.05) is 41.0 Å². The third kappa shape index (κ3) is 48.6. The first-order chi connectivity index (χ1) is 33.1. The Kier molecular flexibility index (Phi) is 49.1. The molecule has 0 N–H and O–H groups in total. The molecule has 0 saturated heterocycles. The maximum Gasteiger partial charge on any atom is 0.306 e. The molecule has 0 aromatic carbocycles. The third-order valence-corrected chi connectivity index (χ3v) is 13.2. The maximum atomic E-state index is 12.8. The van der Waals surface area contributed by atoms with Crippen LogP contribution in [-0.2, 0) is 28.6 Å². The number of ether oxygens (including phenoxy) is 3. The monoisotopic (exact) mass is 958 g/mol. The molecule has 0 radical (unpaired) electrons. The van der Waals surface area contributed by atoms with Crippen molar-refractivity contribution in [3.8, 4) is 0 Å². The first-order valence-corrected chi connectivity index (χ1v) is 29.0. The summed E-state index contributed by atoms with van der Waals surface area (Å²) in [6, 6.07) is -0.726. The molecule has 8 heteroatoms. The van der Waals surface area contributed by atoms with E-state index in [1.807, 2.05) is 21.1 Å². The molecular weight excluding hydrogens is 847 g/mol. The lowest BCUT2D eigenvalue weighted by Gasteiger charge is -2.34. The number of allylic oxidation sites excluding steroid dienone is 6. The predicted molar refractivity (Wildman–Crippen MR) is 287 cm³/mol. The highest BCUT2D eigenvalue weighted by Crippen LogP contribution is 2.16. The Morgan fingerprint density at radius 2 is 0.779 bits per heavy atom. The van der Waals surface area contributed by atoms with Gasteiger partial charge in [0.1, 0.15) is 12.6 Å². The number of nitrogens with zero attached hydrogens (tertiary/aromatic N) is 1. The highest BCUT2D eigenvalue weighted by atomic mass is 16.6. The van der Waals surface area contributed by atoms with Gasteiger partial charge in [0.05, 0.1) is 40.3 Å². The van der Waals surface area contributed by atoms with E-state index in [9.17, 15) is 19.5 Å². The number of carbonyl (C=O) groups is 3. The Morgan fingerprint density at radius 3 is 1.15 bits per heavy atom. The molecule has 0 aliphatic rings. The molecule has 0 rings (SSSR count). The Labute approximate surface area is 421 Å². The number of unbranched alkanes of at least 4 members (excludes halogenated alkanes) is 33. The number of likely N-dealkylation sites (N-methyl/N-ethyl adjacent to an activating group) is 1. The van der Waals surface area contributed by atoms with Crippen molar-refractivity contribution in [2.24, 2.45) is 0 Å². The second-order valence-electron chi connectivity index (χ2n) is 20.9. The van der Waals surface area contributed by atoms with Crippen LogP contribution in [0.2, 0.25) is 0 Å². The number of esters is 2. The molecule has 0 aromatic rings. The van der Waals surface area contributed by atoms with Crippen LogP contribution in [0.25, 0.3) is 0 Å². The number of aliphatic carboxylic acids is 1. The predicted octanol–water partition coefficient (Wildman–Crippen LogP) is 16.0. The summed E-state index contributed by atoms with van der Waals surface area (Å²) in [6.07, 6.45) is 61.8.